The molecule has 1 amide bonds. The number of anilines is 1. The molecule has 1 aliphatic rings. The highest BCUT2D eigenvalue weighted by atomic mass is 16.2. The van der Waals surface area contributed by atoms with Crippen LogP contribution in [0.4, 0.5) is 5.69 Å². The summed E-state index contributed by atoms with van der Waals surface area (Å²) in [7, 11) is 0. The first-order chi connectivity index (χ1) is 10.6. The predicted octanol–water partition coefficient (Wildman–Crippen LogP) is 2.80. The van der Waals surface area contributed by atoms with Crippen LogP contribution in [0.25, 0.3) is 11.0 Å². The van der Waals surface area contributed by atoms with Gasteiger partial charge in [-0.15, -0.1) is 0 Å². The van der Waals surface area contributed by atoms with Gasteiger partial charge in [0.15, 0.2) is 0 Å². The van der Waals surface area contributed by atoms with Crippen molar-refractivity contribution in [2.24, 2.45) is 0 Å². The number of aromatic nitrogens is 2. The molecule has 1 fully saturated rings. The number of amides is 1. The van der Waals surface area contributed by atoms with Crippen LogP contribution in [0.2, 0.25) is 0 Å². The van der Waals surface area contributed by atoms with Gasteiger partial charge in [0.2, 0.25) is 5.91 Å². The number of nitrogen functional groups attached to an aromatic ring is 1. The summed E-state index contributed by atoms with van der Waals surface area (Å²) in [6.45, 7) is 4.48. The third-order valence-corrected chi connectivity index (χ3v) is 4.38. The second-order valence-corrected chi connectivity index (χ2v) is 6.47. The first kappa shape index (κ1) is 14.9. The quantitative estimate of drug-likeness (QED) is 0.853. The maximum Gasteiger partial charge on any atom is 0.240 e. The molecule has 0 atom stereocenters. The zero-order valence-electron chi connectivity index (χ0n) is 13.3. The molecule has 1 aromatic heterocycles. The molecule has 0 aliphatic heterocycles. The van der Waals surface area contributed by atoms with Gasteiger partial charge < -0.3 is 15.6 Å². The summed E-state index contributed by atoms with van der Waals surface area (Å²) in [5.74, 6) is 1.22. The second kappa shape index (κ2) is 5.99. The number of carbonyl (C=O) groups is 1. The predicted molar refractivity (Wildman–Crippen MR) is 88.6 cm³/mol. The monoisotopic (exact) mass is 300 g/mol. The van der Waals surface area contributed by atoms with Crippen LogP contribution in [0.3, 0.4) is 0 Å². The van der Waals surface area contributed by atoms with Crippen molar-refractivity contribution in [3.63, 3.8) is 0 Å². The SMILES string of the molecule is CC(C)c1nc2c(N)cccc2n1CC(=O)NC1CCCC1. The Morgan fingerprint density at radius 3 is 2.82 bits per heavy atom. The van der Waals surface area contributed by atoms with Crippen molar-refractivity contribution in [3.8, 4) is 0 Å². The van der Waals surface area contributed by atoms with Crippen molar-refractivity contribution in [3.05, 3.63) is 24.0 Å². The summed E-state index contributed by atoms with van der Waals surface area (Å²) < 4.78 is 2.00. The summed E-state index contributed by atoms with van der Waals surface area (Å²) in [6, 6.07) is 6.08. The number of benzene rings is 1. The summed E-state index contributed by atoms with van der Waals surface area (Å²) in [4.78, 5) is 17.0. The van der Waals surface area contributed by atoms with Crippen LogP contribution in [0.1, 0.15) is 51.3 Å². The molecular formula is C17H24N4O. The number of nitrogens with one attached hydrogen (secondary N) is 1. The average molecular weight is 300 g/mol. The van der Waals surface area contributed by atoms with Gasteiger partial charge >= 0.3 is 0 Å². The minimum Gasteiger partial charge on any atom is -0.397 e. The number of hydrogen-bond acceptors (Lipinski definition) is 3. The number of rotatable bonds is 4. The van der Waals surface area contributed by atoms with E-state index in [9.17, 15) is 4.79 Å². The van der Waals surface area contributed by atoms with Crippen molar-refractivity contribution in [1.29, 1.82) is 0 Å². The number of para-hydroxylation sites is 1. The number of carbonyl (C=O) groups excluding carboxylic acids is 1. The van der Waals surface area contributed by atoms with Crippen molar-refractivity contribution < 1.29 is 4.79 Å². The van der Waals surface area contributed by atoms with E-state index >= 15 is 0 Å². The lowest BCUT2D eigenvalue weighted by atomic mass is 10.2. The van der Waals surface area contributed by atoms with Crippen molar-refractivity contribution in [2.75, 3.05) is 5.73 Å². The van der Waals surface area contributed by atoms with Crippen molar-refractivity contribution in [1.82, 2.24) is 14.9 Å². The normalized spacial score (nSPS) is 15.8. The Morgan fingerprint density at radius 2 is 2.14 bits per heavy atom. The van der Waals surface area contributed by atoms with Gasteiger partial charge in [-0.3, -0.25) is 4.79 Å². The third-order valence-electron chi connectivity index (χ3n) is 4.38. The molecule has 0 unspecified atom stereocenters. The van der Waals surface area contributed by atoms with Crippen LogP contribution >= 0.6 is 0 Å². The first-order valence-corrected chi connectivity index (χ1v) is 8.10. The Labute approximate surface area is 130 Å². The van der Waals surface area contributed by atoms with Gasteiger partial charge in [0, 0.05) is 12.0 Å². The lowest BCUT2D eigenvalue weighted by Crippen LogP contribution is -2.35. The van der Waals surface area contributed by atoms with E-state index in [2.05, 4.69) is 24.1 Å². The second-order valence-electron chi connectivity index (χ2n) is 6.47. The molecule has 0 saturated heterocycles. The summed E-state index contributed by atoms with van der Waals surface area (Å²) in [5.41, 5.74) is 8.41. The molecule has 5 heteroatoms. The van der Waals surface area contributed by atoms with Gasteiger partial charge in [-0.2, -0.15) is 0 Å². The number of fused-ring (bicyclic) bond motifs is 1. The fourth-order valence-electron chi connectivity index (χ4n) is 3.28. The minimum atomic E-state index is 0.0653. The maximum atomic E-state index is 12.4. The van der Waals surface area contributed by atoms with Crippen LogP contribution < -0.4 is 11.1 Å². The van der Waals surface area contributed by atoms with Gasteiger partial charge in [0.1, 0.15) is 17.9 Å². The average Bonchev–Trinajstić information content (AvgIpc) is 3.08. The van der Waals surface area contributed by atoms with Crippen LogP contribution in [0.5, 0.6) is 0 Å². The third kappa shape index (κ3) is 2.80. The topological polar surface area (TPSA) is 72.9 Å². The standard InChI is InChI=1S/C17H24N4O/c1-11(2)17-20-16-13(18)8-5-9-14(16)21(17)10-15(22)19-12-6-3-4-7-12/h5,8-9,11-12H,3-4,6-7,10,18H2,1-2H3,(H,19,22). The van der Waals surface area contributed by atoms with Gasteiger partial charge in [0.05, 0.1) is 11.2 Å². The highest BCUT2D eigenvalue weighted by molar-refractivity contribution is 5.89. The van der Waals surface area contributed by atoms with E-state index in [4.69, 9.17) is 5.73 Å². The van der Waals surface area contributed by atoms with E-state index in [1.807, 2.05) is 22.8 Å². The molecule has 1 aliphatic carbocycles. The molecule has 0 bridgehead atoms. The fourth-order valence-corrected chi connectivity index (χ4v) is 3.28. The zero-order valence-corrected chi connectivity index (χ0v) is 13.3. The van der Waals surface area contributed by atoms with E-state index in [1.54, 1.807) is 0 Å². The molecule has 0 radical (unpaired) electrons. The molecule has 3 rings (SSSR count). The lowest BCUT2D eigenvalue weighted by molar-refractivity contribution is -0.122. The Kier molecular flexibility index (Phi) is 4.05. The number of nitrogens with two attached hydrogens (primary N) is 1. The van der Waals surface area contributed by atoms with Crippen LogP contribution in [-0.2, 0) is 11.3 Å². The van der Waals surface area contributed by atoms with Gasteiger partial charge in [-0.05, 0) is 25.0 Å². The maximum absolute atomic E-state index is 12.4. The highest BCUT2D eigenvalue weighted by Gasteiger charge is 2.20. The van der Waals surface area contributed by atoms with Crippen LogP contribution in [0, 0.1) is 0 Å². The molecule has 2 aromatic rings. The summed E-state index contributed by atoms with van der Waals surface area (Å²) >= 11 is 0. The molecule has 1 aromatic carbocycles. The Bertz CT molecular complexity index is 683. The first-order valence-electron chi connectivity index (χ1n) is 8.10. The van der Waals surface area contributed by atoms with E-state index in [1.165, 1.54) is 12.8 Å². The number of hydrogen-bond donors (Lipinski definition) is 2. The largest absolute Gasteiger partial charge is 0.397 e. The van der Waals surface area contributed by atoms with E-state index in [0.29, 0.717) is 18.3 Å². The molecule has 22 heavy (non-hydrogen) atoms. The lowest BCUT2D eigenvalue weighted by Gasteiger charge is -2.15. The zero-order chi connectivity index (χ0) is 15.7. The molecule has 3 N–H and O–H groups in total. The van der Waals surface area contributed by atoms with E-state index < -0.39 is 0 Å². The molecule has 118 valence electrons. The van der Waals surface area contributed by atoms with Crippen molar-refractivity contribution >= 4 is 22.6 Å². The summed E-state index contributed by atoms with van der Waals surface area (Å²) in [6.07, 6.45) is 4.63. The Balaban J connectivity index is 1.89. The molecule has 5 nitrogen and oxygen atoms in total. The van der Waals surface area contributed by atoms with E-state index in [-0.39, 0.29) is 11.8 Å². The number of nitrogens with zero attached hydrogens (tertiary/aromatic N) is 2. The molecule has 1 saturated carbocycles. The fraction of sp³-hybridized carbons (Fsp3) is 0.529. The number of imidazole rings is 1. The Morgan fingerprint density at radius 1 is 1.41 bits per heavy atom. The molecular weight excluding hydrogens is 276 g/mol. The molecule has 0 spiro atoms. The van der Waals surface area contributed by atoms with Gasteiger partial charge in [-0.25, -0.2) is 4.98 Å². The smallest absolute Gasteiger partial charge is 0.240 e. The Hall–Kier alpha value is -2.04. The van der Waals surface area contributed by atoms with Gasteiger partial charge in [0.25, 0.3) is 0 Å². The minimum absolute atomic E-state index is 0.0653. The van der Waals surface area contributed by atoms with Crippen LogP contribution in [-0.4, -0.2) is 21.5 Å². The van der Waals surface area contributed by atoms with Crippen LogP contribution in [0.15, 0.2) is 18.2 Å². The summed E-state index contributed by atoms with van der Waals surface area (Å²) in [5, 5.41) is 3.14. The van der Waals surface area contributed by atoms with Crippen molar-refractivity contribution in [2.45, 2.75) is 58.0 Å². The highest BCUT2D eigenvalue weighted by Crippen LogP contribution is 2.25. The molecule has 1 heterocycles. The van der Waals surface area contributed by atoms with E-state index in [0.717, 1.165) is 29.7 Å². The van der Waals surface area contributed by atoms with Gasteiger partial charge in [-0.1, -0.05) is 32.8 Å².